The number of amides is 1. The third-order valence-electron chi connectivity index (χ3n) is 6.18. The molecule has 10 heteroatoms. The Balaban J connectivity index is 1.43. The zero-order valence-electron chi connectivity index (χ0n) is 17.6. The largest absolute Gasteiger partial charge is 0.365 e. The molecule has 7 nitrogen and oxygen atoms in total. The van der Waals surface area contributed by atoms with Crippen molar-refractivity contribution in [3.05, 3.63) is 46.0 Å². The number of nitrogens with zero attached hydrogens (tertiary/aromatic N) is 4. The number of hydrogen-bond donors (Lipinski definition) is 0. The van der Waals surface area contributed by atoms with Crippen molar-refractivity contribution in [3.63, 3.8) is 0 Å². The van der Waals surface area contributed by atoms with Gasteiger partial charge in [0.25, 0.3) is 0 Å². The summed E-state index contributed by atoms with van der Waals surface area (Å²) in [6.45, 7) is 6.21. The third-order valence-corrected chi connectivity index (χ3v) is 8.28. The average Bonchev–Trinajstić information content (AvgIpc) is 3.23. The second-order valence-electron chi connectivity index (χ2n) is 8.27. The van der Waals surface area contributed by atoms with Gasteiger partial charge >= 0.3 is 0 Å². The Kier molecular flexibility index (Phi) is 6.00. The first-order valence-electron chi connectivity index (χ1n) is 10.4. The van der Waals surface area contributed by atoms with E-state index in [2.05, 4.69) is 10.00 Å². The fraction of sp³-hybridized carbons (Fsp3) is 0.524. The van der Waals surface area contributed by atoms with Crippen molar-refractivity contribution in [1.82, 2.24) is 14.7 Å². The van der Waals surface area contributed by atoms with Crippen LogP contribution < -0.4 is 4.90 Å². The van der Waals surface area contributed by atoms with Crippen molar-refractivity contribution in [2.45, 2.75) is 32.7 Å². The number of carbonyl (C=O) groups is 1. The number of rotatable bonds is 4. The average molecular weight is 469 g/mol. The van der Waals surface area contributed by atoms with Crippen LogP contribution in [0.1, 0.15) is 29.4 Å². The summed E-state index contributed by atoms with van der Waals surface area (Å²) in [5.41, 5.74) is 3.06. The van der Waals surface area contributed by atoms with E-state index in [1.54, 1.807) is 11.0 Å². The number of anilines is 1. The van der Waals surface area contributed by atoms with Gasteiger partial charge in [0.2, 0.25) is 5.91 Å². The molecule has 0 spiro atoms. The van der Waals surface area contributed by atoms with Crippen LogP contribution in [0.3, 0.4) is 0 Å². The molecular weight excluding hydrogens is 443 g/mol. The fourth-order valence-corrected chi connectivity index (χ4v) is 6.50. The number of aromatic nitrogens is 2. The van der Waals surface area contributed by atoms with Crippen LogP contribution in [0.4, 0.5) is 10.1 Å². The molecule has 0 N–H and O–H groups in total. The molecule has 1 aromatic heterocycles. The fourth-order valence-electron chi connectivity index (χ4n) is 4.58. The second kappa shape index (κ2) is 8.43. The van der Waals surface area contributed by atoms with Crippen LogP contribution in [0.5, 0.6) is 0 Å². The van der Waals surface area contributed by atoms with Gasteiger partial charge in [0, 0.05) is 36.8 Å². The van der Waals surface area contributed by atoms with Crippen LogP contribution in [0.15, 0.2) is 18.2 Å². The lowest BCUT2D eigenvalue weighted by Gasteiger charge is -2.36. The minimum atomic E-state index is -2.99. The lowest BCUT2D eigenvalue weighted by molar-refractivity contribution is -0.130. The van der Waals surface area contributed by atoms with E-state index in [4.69, 9.17) is 11.6 Å². The Morgan fingerprint density at radius 2 is 1.94 bits per heavy atom. The van der Waals surface area contributed by atoms with Gasteiger partial charge in [-0.15, -0.1) is 0 Å². The molecule has 2 saturated heterocycles. The van der Waals surface area contributed by atoms with E-state index < -0.39 is 15.7 Å². The van der Waals surface area contributed by atoms with E-state index in [1.165, 1.54) is 12.1 Å². The zero-order chi connectivity index (χ0) is 22.3. The first-order valence-corrected chi connectivity index (χ1v) is 12.6. The molecule has 0 bridgehead atoms. The van der Waals surface area contributed by atoms with Gasteiger partial charge in [0.05, 0.1) is 41.0 Å². The maximum atomic E-state index is 14.0. The van der Waals surface area contributed by atoms with E-state index in [0.717, 1.165) is 17.1 Å². The second-order valence-corrected chi connectivity index (χ2v) is 10.9. The highest BCUT2D eigenvalue weighted by atomic mass is 35.5. The summed E-state index contributed by atoms with van der Waals surface area (Å²) < 4.78 is 39.6. The topological polar surface area (TPSA) is 75.5 Å². The number of benzene rings is 1. The molecular formula is C21H26ClFN4O3S. The number of hydrogen-bond acceptors (Lipinski definition) is 5. The number of aryl methyl sites for hydroxylation is 1. The van der Waals surface area contributed by atoms with Crippen LogP contribution in [-0.4, -0.2) is 66.7 Å². The Hall–Kier alpha value is -2.13. The van der Waals surface area contributed by atoms with Crippen LogP contribution in [0, 0.1) is 19.7 Å². The van der Waals surface area contributed by atoms with Crippen molar-refractivity contribution in [1.29, 1.82) is 0 Å². The SMILES string of the molecule is Cc1nn([C@@H]2CCS(=O)(=O)C2)c(C)c1N1CCN(C(=O)Cc2c(F)cccc2Cl)CC1. The van der Waals surface area contributed by atoms with Gasteiger partial charge in [0.1, 0.15) is 5.82 Å². The van der Waals surface area contributed by atoms with Gasteiger partial charge in [-0.05, 0) is 32.4 Å². The number of carbonyl (C=O) groups excluding carboxylic acids is 1. The van der Waals surface area contributed by atoms with Gasteiger partial charge in [-0.25, -0.2) is 12.8 Å². The highest BCUT2D eigenvalue weighted by molar-refractivity contribution is 7.91. The molecule has 2 aliphatic rings. The summed E-state index contributed by atoms with van der Waals surface area (Å²) >= 11 is 6.06. The quantitative estimate of drug-likeness (QED) is 0.689. The van der Waals surface area contributed by atoms with Crippen LogP contribution in [-0.2, 0) is 21.1 Å². The first-order chi connectivity index (χ1) is 14.7. The maximum absolute atomic E-state index is 14.0. The standard InChI is InChI=1S/C21H26ClFN4O3S/c1-14-21(15(2)27(24-14)16-6-11-31(29,30)13-16)26-9-7-25(8-10-26)20(28)12-17-18(22)4-3-5-19(17)23/h3-5,16H,6-13H2,1-2H3/t16-/m1/s1. The van der Waals surface area contributed by atoms with Crippen molar-refractivity contribution in [2.24, 2.45) is 0 Å². The summed E-state index contributed by atoms with van der Waals surface area (Å²) in [6, 6.07) is 4.30. The Labute approximate surface area is 186 Å². The number of piperazine rings is 1. The molecule has 2 aliphatic heterocycles. The monoisotopic (exact) mass is 468 g/mol. The summed E-state index contributed by atoms with van der Waals surface area (Å²) in [5.74, 6) is -0.271. The molecule has 4 rings (SSSR count). The predicted molar refractivity (Wildman–Crippen MR) is 118 cm³/mol. The van der Waals surface area contributed by atoms with Crippen LogP contribution in [0.2, 0.25) is 5.02 Å². The summed E-state index contributed by atoms with van der Waals surface area (Å²) in [5, 5.41) is 4.90. The van der Waals surface area contributed by atoms with E-state index in [-0.39, 0.29) is 40.5 Å². The lowest BCUT2D eigenvalue weighted by atomic mass is 10.1. The summed E-state index contributed by atoms with van der Waals surface area (Å²) in [4.78, 5) is 16.6. The van der Waals surface area contributed by atoms with Crippen molar-refractivity contribution in [2.75, 3.05) is 42.6 Å². The van der Waals surface area contributed by atoms with E-state index in [9.17, 15) is 17.6 Å². The van der Waals surface area contributed by atoms with Crippen LogP contribution in [0.25, 0.3) is 0 Å². The molecule has 1 atom stereocenters. The maximum Gasteiger partial charge on any atom is 0.227 e. The summed E-state index contributed by atoms with van der Waals surface area (Å²) in [6.07, 6.45) is 0.530. The Morgan fingerprint density at radius 1 is 1.23 bits per heavy atom. The molecule has 168 valence electrons. The van der Waals surface area contributed by atoms with E-state index >= 15 is 0 Å². The molecule has 0 saturated carbocycles. The van der Waals surface area contributed by atoms with Crippen molar-refractivity contribution >= 4 is 33.0 Å². The predicted octanol–water partition coefficient (Wildman–Crippen LogP) is 2.54. The van der Waals surface area contributed by atoms with Crippen LogP contribution >= 0.6 is 11.6 Å². The number of halogens is 2. The summed E-state index contributed by atoms with van der Waals surface area (Å²) in [7, 11) is -2.99. The first kappa shape index (κ1) is 22.1. The zero-order valence-corrected chi connectivity index (χ0v) is 19.2. The van der Waals surface area contributed by atoms with Crippen molar-refractivity contribution in [3.8, 4) is 0 Å². The van der Waals surface area contributed by atoms with E-state index in [1.807, 2.05) is 18.5 Å². The van der Waals surface area contributed by atoms with Gasteiger partial charge in [-0.3, -0.25) is 9.48 Å². The Bertz CT molecular complexity index is 1090. The van der Waals surface area contributed by atoms with Gasteiger partial charge < -0.3 is 9.80 Å². The van der Waals surface area contributed by atoms with Crippen molar-refractivity contribution < 1.29 is 17.6 Å². The normalized spacial score (nSPS) is 21.0. The van der Waals surface area contributed by atoms with Gasteiger partial charge in [-0.2, -0.15) is 5.10 Å². The molecule has 0 aliphatic carbocycles. The highest BCUT2D eigenvalue weighted by Gasteiger charge is 2.33. The molecule has 2 aromatic rings. The molecule has 0 unspecified atom stereocenters. The molecule has 3 heterocycles. The molecule has 0 radical (unpaired) electrons. The molecule has 31 heavy (non-hydrogen) atoms. The molecule has 1 aromatic carbocycles. The Morgan fingerprint density at radius 3 is 2.55 bits per heavy atom. The van der Waals surface area contributed by atoms with E-state index in [0.29, 0.717) is 32.6 Å². The van der Waals surface area contributed by atoms with Gasteiger partial charge in [-0.1, -0.05) is 17.7 Å². The third kappa shape index (κ3) is 4.43. The molecule has 1 amide bonds. The molecule has 2 fully saturated rings. The highest BCUT2D eigenvalue weighted by Crippen LogP contribution is 2.32. The van der Waals surface area contributed by atoms with Gasteiger partial charge in [0.15, 0.2) is 9.84 Å². The lowest BCUT2D eigenvalue weighted by Crippen LogP contribution is -2.49. The minimum Gasteiger partial charge on any atom is -0.365 e. The smallest absolute Gasteiger partial charge is 0.227 e. The number of sulfone groups is 1. The minimum absolute atomic E-state index is 0.0579.